The molecule has 0 saturated heterocycles. The van der Waals surface area contributed by atoms with Crippen molar-refractivity contribution in [2.75, 3.05) is 0 Å². The molecule has 260 valence electrons. The van der Waals surface area contributed by atoms with Crippen molar-refractivity contribution in [3.63, 3.8) is 0 Å². The molecule has 0 bridgehead atoms. The Morgan fingerprint density at radius 1 is 0.232 bits per heavy atom. The van der Waals surface area contributed by atoms with Gasteiger partial charge in [-0.3, -0.25) is 0 Å². The van der Waals surface area contributed by atoms with Crippen molar-refractivity contribution in [3.05, 3.63) is 200 Å². The number of benzene rings is 10. The van der Waals surface area contributed by atoms with Gasteiger partial charge in [0.1, 0.15) is 0 Å². The fraction of sp³-hybridized carbons (Fsp3) is 0. The molecule has 56 heavy (non-hydrogen) atoms. The summed E-state index contributed by atoms with van der Waals surface area (Å²) >= 11 is 0. The van der Waals surface area contributed by atoms with Gasteiger partial charge in [0.15, 0.2) is 17.5 Å². The van der Waals surface area contributed by atoms with E-state index in [-0.39, 0.29) is 0 Å². The van der Waals surface area contributed by atoms with Crippen LogP contribution in [0.4, 0.5) is 0 Å². The molecule has 1 heterocycles. The maximum absolute atomic E-state index is 5.38. The highest BCUT2D eigenvalue weighted by Crippen LogP contribution is 2.42. The van der Waals surface area contributed by atoms with Crippen LogP contribution in [0, 0.1) is 0 Å². The number of fused-ring (bicyclic) bond motifs is 6. The first-order valence-electron chi connectivity index (χ1n) is 19.0. The zero-order valence-electron chi connectivity index (χ0n) is 30.4. The van der Waals surface area contributed by atoms with Gasteiger partial charge in [-0.2, -0.15) is 0 Å². The third-order valence-corrected chi connectivity index (χ3v) is 11.1. The molecule has 0 aliphatic carbocycles. The Labute approximate surface area is 324 Å². The molecule has 3 heteroatoms. The Morgan fingerprint density at radius 2 is 0.750 bits per heavy atom. The molecule has 1 aromatic heterocycles. The quantitative estimate of drug-likeness (QED) is 0.167. The van der Waals surface area contributed by atoms with Crippen LogP contribution >= 0.6 is 0 Å². The molecule has 0 aliphatic heterocycles. The first kappa shape index (κ1) is 32.0. The highest BCUT2D eigenvalue weighted by Gasteiger charge is 2.19. The maximum atomic E-state index is 5.38. The van der Waals surface area contributed by atoms with Crippen LogP contribution in [0.2, 0.25) is 0 Å². The van der Waals surface area contributed by atoms with Crippen molar-refractivity contribution < 1.29 is 0 Å². The number of hydrogen-bond acceptors (Lipinski definition) is 3. The smallest absolute Gasteiger partial charge is 0.164 e. The average molecular weight is 712 g/mol. The van der Waals surface area contributed by atoms with Gasteiger partial charge < -0.3 is 0 Å². The summed E-state index contributed by atoms with van der Waals surface area (Å²) in [5.74, 6) is 1.92. The van der Waals surface area contributed by atoms with E-state index in [0.29, 0.717) is 17.5 Å². The SMILES string of the molecule is c1ccc(-c2nc(-c3cccc4c(-c5cccc6ccccc56)cccc34)nc(-c3cc4ccccc4c4c(-c5ccc6ccccc6c5)cccc34)n2)cc1. The lowest BCUT2D eigenvalue weighted by Crippen LogP contribution is -2.01. The monoisotopic (exact) mass is 711 g/mol. The summed E-state index contributed by atoms with van der Waals surface area (Å²) in [5.41, 5.74) is 7.62. The fourth-order valence-corrected chi connectivity index (χ4v) is 8.47. The molecule has 0 amide bonds. The standard InChI is InChI=1S/C53H33N3/c1-2-16-36(17-3-1)51-54-52(48-29-13-26-45-44(25-12-27-46(45)48)43-24-10-20-35-15-6-8-21-40(35)43)56-53(55-51)49-33-38-19-7-9-22-41(38)50-42(23-11-28-47(49)50)39-31-30-34-14-4-5-18-37(34)32-39/h1-33H. The van der Waals surface area contributed by atoms with Gasteiger partial charge in [0.05, 0.1) is 0 Å². The van der Waals surface area contributed by atoms with Crippen LogP contribution in [0.1, 0.15) is 0 Å². The summed E-state index contributed by atoms with van der Waals surface area (Å²) in [7, 11) is 0. The van der Waals surface area contributed by atoms with E-state index in [9.17, 15) is 0 Å². The number of hydrogen-bond donors (Lipinski definition) is 0. The number of aromatic nitrogens is 3. The zero-order chi connectivity index (χ0) is 37.0. The second kappa shape index (κ2) is 13.1. The molecule has 0 unspecified atom stereocenters. The van der Waals surface area contributed by atoms with Gasteiger partial charge in [0, 0.05) is 16.7 Å². The first-order valence-corrected chi connectivity index (χ1v) is 19.0. The third kappa shape index (κ3) is 5.32. The molecule has 0 aliphatic rings. The van der Waals surface area contributed by atoms with Crippen molar-refractivity contribution in [1.29, 1.82) is 0 Å². The second-order valence-corrected chi connectivity index (χ2v) is 14.3. The van der Waals surface area contributed by atoms with E-state index in [0.717, 1.165) is 38.2 Å². The van der Waals surface area contributed by atoms with Crippen LogP contribution in [0.3, 0.4) is 0 Å². The topological polar surface area (TPSA) is 38.7 Å². The van der Waals surface area contributed by atoms with E-state index in [4.69, 9.17) is 15.0 Å². The molecular weight excluding hydrogens is 679 g/mol. The molecule has 0 N–H and O–H groups in total. The van der Waals surface area contributed by atoms with Crippen LogP contribution in [-0.2, 0) is 0 Å². The average Bonchev–Trinajstić information content (AvgIpc) is 3.28. The van der Waals surface area contributed by atoms with E-state index in [2.05, 4.69) is 182 Å². The molecule has 0 fully saturated rings. The zero-order valence-corrected chi connectivity index (χ0v) is 30.4. The molecular formula is C53H33N3. The predicted octanol–water partition coefficient (Wildman–Crippen LogP) is 14.0. The van der Waals surface area contributed by atoms with E-state index in [1.807, 2.05) is 18.2 Å². The van der Waals surface area contributed by atoms with E-state index < -0.39 is 0 Å². The van der Waals surface area contributed by atoms with Crippen molar-refractivity contribution in [3.8, 4) is 56.4 Å². The lowest BCUT2D eigenvalue weighted by Gasteiger charge is -2.16. The van der Waals surface area contributed by atoms with Gasteiger partial charge in [0.2, 0.25) is 0 Å². The molecule has 0 atom stereocenters. The summed E-state index contributed by atoms with van der Waals surface area (Å²) < 4.78 is 0. The summed E-state index contributed by atoms with van der Waals surface area (Å²) in [6, 6.07) is 71.2. The van der Waals surface area contributed by atoms with Crippen molar-refractivity contribution in [2.24, 2.45) is 0 Å². The Hall–Kier alpha value is -7.49. The van der Waals surface area contributed by atoms with Crippen molar-refractivity contribution >= 4 is 53.9 Å². The van der Waals surface area contributed by atoms with E-state index in [1.165, 1.54) is 54.6 Å². The first-order chi connectivity index (χ1) is 27.8. The van der Waals surface area contributed by atoms with Crippen molar-refractivity contribution in [1.82, 2.24) is 15.0 Å². The highest BCUT2D eigenvalue weighted by atomic mass is 15.0. The lowest BCUT2D eigenvalue weighted by molar-refractivity contribution is 1.08. The fourth-order valence-electron chi connectivity index (χ4n) is 8.47. The summed E-state index contributed by atoms with van der Waals surface area (Å²) in [4.78, 5) is 15.9. The Kier molecular flexibility index (Phi) is 7.49. The van der Waals surface area contributed by atoms with Gasteiger partial charge in [-0.15, -0.1) is 0 Å². The highest BCUT2D eigenvalue weighted by molar-refractivity contribution is 6.19. The van der Waals surface area contributed by atoms with E-state index in [1.54, 1.807) is 0 Å². The van der Waals surface area contributed by atoms with Crippen LogP contribution in [-0.4, -0.2) is 15.0 Å². The third-order valence-electron chi connectivity index (χ3n) is 11.1. The van der Waals surface area contributed by atoms with Crippen LogP contribution in [0.5, 0.6) is 0 Å². The normalized spacial score (nSPS) is 11.6. The largest absolute Gasteiger partial charge is 0.208 e. The van der Waals surface area contributed by atoms with E-state index >= 15 is 0 Å². The van der Waals surface area contributed by atoms with Crippen LogP contribution in [0.25, 0.3) is 110 Å². The van der Waals surface area contributed by atoms with Gasteiger partial charge in [-0.05, 0) is 88.2 Å². The summed E-state index contributed by atoms with van der Waals surface area (Å²) in [6.45, 7) is 0. The minimum atomic E-state index is 0.639. The van der Waals surface area contributed by atoms with Gasteiger partial charge in [-0.1, -0.05) is 188 Å². The van der Waals surface area contributed by atoms with Crippen molar-refractivity contribution in [2.45, 2.75) is 0 Å². The Bertz CT molecular complexity index is 3310. The number of rotatable bonds is 5. The van der Waals surface area contributed by atoms with Gasteiger partial charge in [0.25, 0.3) is 0 Å². The molecule has 3 nitrogen and oxygen atoms in total. The molecule has 11 aromatic rings. The second-order valence-electron chi connectivity index (χ2n) is 14.3. The maximum Gasteiger partial charge on any atom is 0.164 e. The predicted molar refractivity (Wildman–Crippen MR) is 235 cm³/mol. The molecule has 0 spiro atoms. The molecule has 0 radical (unpaired) electrons. The lowest BCUT2D eigenvalue weighted by atomic mass is 9.90. The Balaban J connectivity index is 1.17. The molecule has 11 rings (SSSR count). The summed E-state index contributed by atoms with van der Waals surface area (Å²) in [6.07, 6.45) is 0. The van der Waals surface area contributed by atoms with Gasteiger partial charge >= 0.3 is 0 Å². The minimum absolute atomic E-state index is 0.639. The van der Waals surface area contributed by atoms with Crippen LogP contribution in [0.15, 0.2) is 200 Å². The molecule has 0 saturated carbocycles. The Morgan fingerprint density at radius 3 is 1.55 bits per heavy atom. The number of nitrogens with zero attached hydrogens (tertiary/aromatic N) is 3. The van der Waals surface area contributed by atoms with Crippen LogP contribution < -0.4 is 0 Å². The van der Waals surface area contributed by atoms with Gasteiger partial charge in [-0.25, -0.2) is 15.0 Å². The summed E-state index contributed by atoms with van der Waals surface area (Å²) in [5, 5.41) is 11.8. The minimum Gasteiger partial charge on any atom is -0.208 e. The molecule has 10 aromatic carbocycles.